The van der Waals surface area contributed by atoms with Crippen molar-refractivity contribution < 1.29 is 17.9 Å². The van der Waals surface area contributed by atoms with E-state index in [2.05, 4.69) is 25.8 Å². The summed E-state index contributed by atoms with van der Waals surface area (Å²) < 4.78 is 45.0. The summed E-state index contributed by atoms with van der Waals surface area (Å²) in [4.78, 5) is 4.08. The average molecular weight is 382 g/mol. The van der Waals surface area contributed by atoms with E-state index >= 15 is 0 Å². The molecule has 1 heterocycles. The van der Waals surface area contributed by atoms with Gasteiger partial charge in [-0.15, -0.1) is 5.10 Å². The molecule has 0 bridgehead atoms. The molecule has 0 fully saturated rings. The van der Waals surface area contributed by atoms with Crippen molar-refractivity contribution >= 4 is 34.7 Å². The predicted molar refractivity (Wildman–Crippen MR) is 90.7 cm³/mol. The lowest BCUT2D eigenvalue weighted by Gasteiger charge is -2.10. The Morgan fingerprint density at radius 3 is 2.58 bits per heavy atom. The van der Waals surface area contributed by atoms with Gasteiger partial charge >= 0.3 is 0 Å². The van der Waals surface area contributed by atoms with Crippen LogP contribution in [0.1, 0.15) is 0 Å². The number of anilines is 4. The van der Waals surface area contributed by atoms with E-state index in [1.165, 1.54) is 13.3 Å². The third-order valence-electron chi connectivity index (χ3n) is 3.26. The second kappa shape index (κ2) is 7.44. The minimum Gasteiger partial charge on any atom is -0.495 e. The lowest BCUT2D eigenvalue weighted by Crippen LogP contribution is -2.05. The number of aromatic nitrogens is 3. The van der Waals surface area contributed by atoms with Crippen molar-refractivity contribution in [1.82, 2.24) is 15.2 Å². The summed E-state index contributed by atoms with van der Waals surface area (Å²) in [6.45, 7) is 0. The normalized spacial score (nSPS) is 10.5. The summed E-state index contributed by atoms with van der Waals surface area (Å²) in [5.74, 6) is -3.60. The highest BCUT2D eigenvalue weighted by atomic mass is 35.5. The van der Waals surface area contributed by atoms with Gasteiger partial charge in [0.15, 0.2) is 23.3 Å². The predicted octanol–water partition coefficient (Wildman–Crippen LogP) is 4.44. The number of nitrogens with zero attached hydrogens (tertiary/aromatic N) is 3. The van der Waals surface area contributed by atoms with Crippen LogP contribution in [0.15, 0.2) is 36.5 Å². The van der Waals surface area contributed by atoms with Crippen LogP contribution in [-0.4, -0.2) is 22.3 Å². The van der Waals surface area contributed by atoms with Crippen LogP contribution in [0.4, 0.5) is 36.3 Å². The van der Waals surface area contributed by atoms with Gasteiger partial charge in [0, 0.05) is 5.69 Å². The number of nitrogens with one attached hydrogen (secondary N) is 2. The van der Waals surface area contributed by atoms with Crippen molar-refractivity contribution in [1.29, 1.82) is 0 Å². The largest absolute Gasteiger partial charge is 0.495 e. The van der Waals surface area contributed by atoms with Gasteiger partial charge in [-0.25, -0.2) is 13.2 Å². The van der Waals surface area contributed by atoms with E-state index in [1.54, 1.807) is 18.2 Å². The minimum atomic E-state index is -1.59. The van der Waals surface area contributed by atoms with Crippen molar-refractivity contribution in [3.8, 4) is 5.75 Å². The highest BCUT2D eigenvalue weighted by Crippen LogP contribution is 2.28. The van der Waals surface area contributed by atoms with Crippen LogP contribution in [-0.2, 0) is 0 Å². The molecular formula is C16H11ClF3N5O. The molecule has 2 aromatic carbocycles. The Balaban J connectivity index is 1.80. The van der Waals surface area contributed by atoms with Gasteiger partial charge in [-0.3, -0.25) is 0 Å². The van der Waals surface area contributed by atoms with Crippen LogP contribution in [0.3, 0.4) is 0 Å². The van der Waals surface area contributed by atoms with Gasteiger partial charge in [-0.2, -0.15) is 10.1 Å². The molecule has 0 aliphatic heterocycles. The lowest BCUT2D eigenvalue weighted by atomic mass is 10.3. The monoisotopic (exact) mass is 381 g/mol. The first kappa shape index (κ1) is 17.7. The molecule has 0 spiro atoms. The van der Waals surface area contributed by atoms with Crippen LogP contribution >= 0.6 is 11.6 Å². The first-order chi connectivity index (χ1) is 12.5. The third-order valence-corrected chi connectivity index (χ3v) is 3.56. The molecule has 26 heavy (non-hydrogen) atoms. The van der Waals surface area contributed by atoms with Crippen molar-refractivity contribution in [3.05, 3.63) is 59.0 Å². The molecule has 3 rings (SSSR count). The number of rotatable bonds is 5. The summed E-state index contributed by atoms with van der Waals surface area (Å²) >= 11 is 6.05. The van der Waals surface area contributed by atoms with Crippen molar-refractivity contribution in [3.63, 3.8) is 0 Å². The van der Waals surface area contributed by atoms with Gasteiger partial charge in [0.05, 0.1) is 24.0 Å². The maximum atomic E-state index is 13.7. The standard InChI is InChI=1S/C16H11ClF3N5O/c1-26-12-5-2-8(6-9(12)17)22-13-7-21-25-16(24-13)23-11-4-3-10(18)14(19)15(11)20/h2-7H,1H3,(H2,22,23,24,25). The van der Waals surface area contributed by atoms with Crippen molar-refractivity contribution in [2.45, 2.75) is 0 Å². The molecule has 3 aromatic rings. The number of halogens is 4. The highest BCUT2D eigenvalue weighted by Gasteiger charge is 2.14. The molecule has 0 aliphatic carbocycles. The summed E-state index contributed by atoms with van der Waals surface area (Å²) in [6.07, 6.45) is 1.32. The maximum absolute atomic E-state index is 13.7. The Morgan fingerprint density at radius 2 is 1.85 bits per heavy atom. The van der Waals surface area contributed by atoms with Gasteiger partial charge < -0.3 is 15.4 Å². The minimum absolute atomic E-state index is 0.112. The summed E-state index contributed by atoms with van der Waals surface area (Å²) in [7, 11) is 1.50. The fourth-order valence-electron chi connectivity index (χ4n) is 2.05. The highest BCUT2D eigenvalue weighted by molar-refractivity contribution is 6.32. The lowest BCUT2D eigenvalue weighted by molar-refractivity contribution is 0.415. The van der Waals surface area contributed by atoms with Gasteiger partial charge in [0.1, 0.15) is 5.75 Å². The van der Waals surface area contributed by atoms with Crippen LogP contribution in [0.25, 0.3) is 0 Å². The van der Waals surface area contributed by atoms with E-state index in [0.717, 1.165) is 12.1 Å². The van der Waals surface area contributed by atoms with E-state index in [-0.39, 0.29) is 17.5 Å². The number of hydrogen-bond donors (Lipinski definition) is 2. The Kier molecular flexibility index (Phi) is 5.08. The maximum Gasteiger partial charge on any atom is 0.249 e. The zero-order chi connectivity index (χ0) is 18.7. The molecule has 0 atom stereocenters. The number of ether oxygens (including phenoxy) is 1. The molecule has 0 unspecified atom stereocenters. The molecule has 0 amide bonds. The SMILES string of the molecule is COc1ccc(Nc2cnnc(Nc3ccc(F)c(F)c3F)n2)cc1Cl. The molecule has 0 radical (unpaired) electrons. The first-order valence-electron chi connectivity index (χ1n) is 7.18. The summed E-state index contributed by atoms with van der Waals surface area (Å²) in [6, 6.07) is 6.80. The Labute approximate surface area is 151 Å². The average Bonchev–Trinajstić information content (AvgIpc) is 2.63. The zero-order valence-corrected chi connectivity index (χ0v) is 14.0. The topological polar surface area (TPSA) is 72.0 Å². The van der Waals surface area contributed by atoms with Crippen LogP contribution in [0.5, 0.6) is 5.75 Å². The number of methoxy groups -OCH3 is 1. The second-order valence-electron chi connectivity index (χ2n) is 4.99. The van der Waals surface area contributed by atoms with Crippen LogP contribution < -0.4 is 15.4 Å². The van der Waals surface area contributed by atoms with Gasteiger partial charge in [0.2, 0.25) is 5.95 Å². The van der Waals surface area contributed by atoms with E-state index < -0.39 is 17.5 Å². The molecule has 0 saturated carbocycles. The molecule has 0 saturated heterocycles. The van der Waals surface area contributed by atoms with Crippen LogP contribution in [0.2, 0.25) is 5.02 Å². The number of hydrogen-bond acceptors (Lipinski definition) is 6. The molecule has 6 nitrogen and oxygen atoms in total. The van der Waals surface area contributed by atoms with Crippen LogP contribution in [0, 0.1) is 17.5 Å². The first-order valence-corrected chi connectivity index (χ1v) is 7.56. The Bertz CT molecular complexity index is 957. The molecule has 2 N–H and O–H groups in total. The third kappa shape index (κ3) is 3.77. The smallest absolute Gasteiger partial charge is 0.249 e. The van der Waals surface area contributed by atoms with Crippen molar-refractivity contribution in [2.75, 3.05) is 17.7 Å². The van der Waals surface area contributed by atoms with Crippen molar-refractivity contribution in [2.24, 2.45) is 0 Å². The van der Waals surface area contributed by atoms with E-state index in [9.17, 15) is 13.2 Å². The van der Waals surface area contributed by atoms with Gasteiger partial charge in [0.25, 0.3) is 0 Å². The zero-order valence-electron chi connectivity index (χ0n) is 13.2. The molecule has 134 valence electrons. The quantitative estimate of drug-likeness (QED) is 0.637. The fraction of sp³-hybridized carbons (Fsp3) is 0.0625. The van der Waals surface area contributed by atoms with Gasteiger partial charge in [-0.05, 0) is 30.3 Å². The molecule has 0 aliphatic rings. The fourth-order valence-corrected chi connectivity index (χ4v) is 2.31. The Morgan fingerprint density at radius 1 is 1.04 bits per heavy atom. The number of benzene rings is 2. The summed E-state index contributed by atoms with van der Waals surface area (Å²) in [5.41, 5.74) is 0.275. The second-order valence-corrected chi connectivity index (χ2v) is 5.39. The van der Waals surface area contributed by atoms with Gasteiger partial charge in [-0.1, -0.05) is 11.6 Å². The van der Waals surface area contributed by atoms with E-state index in [4.69, 9.17) is 16.3 Å². The molecule has 10 heteroatoms. The van der Waals surface area contributed by atoms with E-state index in [1.807, 2.05) is 0 Å². The summed E-state index contributed by atoms with van der Waals surface area (Å²) in [5, 5.41) is 13.2. The molecule has 1 aromatic heterocycles. The Hall–Kier alpha value is -3.07. The van der Waals surface area contributed by atoms with E-state index in [0.29, 0.717) is 16.5 Å². The molecular weight excluding hydrogens is 371 g/mol.